The van der Waals surface area contributed by atoms with Crippen LogP contribution in [-0.2, 0) is 9.59 Å². The number of hydrogen-bond acceptors (Lipinski definition) is 2. The van der Waals surface area contributed by atoms with Gasteiger partial charge in [0.1, 0.15) is 5.78 Å². The highest BCUT2D eigenvalue weighted by molar-refractivity contribution is 5.86. The summed E-state index contributed by atoms with van der Waals surface area (Å²) in [5.74, 6) is 0.741. The Morgan fingerprint density at radius 3 is 1.72 bits per heavy atom. The number of benzene rings is 2. The molecule has 0 saturated carbocycles. The summed E-state index contributed by atoms with van der Waals surface area (Å²) in [5, 5.41) is 0. The van der Waals surface area contributed by atoms with Gasteiger partial charge in [-0.05, 0) is 29.4 Å². The Morgan fingerprint density at radius 2 is 1.28 bits per heavy atom. The quantitative estimate of drug-likeness (QED) is 0.476. The van der Waals surface area contributed by atoms with E-state index in [1.165, 1.54) is 11.1 Å². The number of likely N-dealkylation sites (tertiary alicyclic amines) is 1. The summed E-state index contributed by atoms with van der Waals surface area (Å²) >= 11 is 0. The molecule has 3 rings (SSSR count). The molecule has 1 heterocycles. The molecule has 2 aromatic rings. The van der Waals surface area contributed by atoms with E-state index >= 15 is 0 Å². The van der Waals surface area contributed by atoms with Crippen LogP contribution in [0.25, 0.3) is 0 Å². The second-order valence-electron chi connectivity index (χ2n) is 10.1. The molecule has 3 heteroatoms. The molecule has 2 aromatic carbocycles. The lowest BCUT2D eigenvalue weighted by Crippen LogP contribution is -2.46. The van der Waals surface area contributed by atoms with Crippen LogP contribution in [0, 0.1) is 10.8 Å². The molecule has 0 aliphatic carbocycles. The smallest absolute Gasteiger partial charge is 0.228 e. The fraction of sp³-hybridized carbons (Fsp3) is 0.517. The molecule has 1 aliphatic rings. The zero-order chi connectivity index (χ0) is 23.8. The monoisotopic (exact) mass is 435 g/mol. The highest BCUT2D eigenvalue weighted by atomic mass is 16.2. The van der Waals surface area contributed by atoms with Gasteiger partial charge >= 0.3 is 0 Å². The first-order chi connectivity index (χ1) is 15.2. The summed E-state index contributed by atoms with van der Waals surface area (Å²) < 4.78 is 0. The number of amides is 1. The molecule has 0 atom stereocenters. The first-order valence-corrected chi connectivity index (χ1v) is 12.1. The standard InChI is InChI=1S/C27H35NO2.C2H6/c1-26(2,20-27(3,4)25(30)28-17-15-23(29)16-18-28)19-24(21-11-7-5-8-12-21)22-13-9-6-10-14-22;1-2/h5-14,24H,15-20H2,1-4H3;1-2H3. The third-order valence-electron chi connectivity index (χ3n) is 6.27. The van der Waals surface area contributed by atoms with E-state index in [2.05, 4.69) is 88.4 Å². The predicted octanol–water partition coefficient (Wildman–Crippen LogP) is 6.87. The number of rotatable bonds is 7. The van der Waals surface area contributed by atoms with Gasteiger partial charge in [0.2, 0.25) is 5.91 Å². The SMILES string of the molecule is CC.CC(C)(CC(c1ccccc1)c1ccccc1)CC(C)(C)C(=O)N1CCC(=O)CC1. The van der Waals surface area contributed by atoms with Crippen molar-refractivity contribution >= 4 is 11.7 Å². The van der Waals surface area contributed by atoms with E-state index in [1.807, 2.05) is 18.7 Å². The topological polar surface area (TPSA) is 37.4 Å². The number of nitrogens with zero attached hydrogens (tertiary/aromatic N) is 1. The molecule has 0 unspecified atom stereocenters. The van der Waals surface area contributed by atoms with Crippen LogP contribution >= 0.6 is 0 Å². The highest BCUT2D eigenvalue weighted by Crippen LogP contribution is 2.43. The van der Waals surface area contributed by atoms with Crippen molar-refractivity contribution in [2.24, 2.45) is 10.8 Å². The van der Waals surface area contributed by atoms with E-state index in [1.54, 1.807) is 0 Å². The Hall–Kier alpha value is -2.42. The normalized spacial score (nSPS) is 14.7. The predicted molar refractivity (Wildman–Crippen MR) is 134 cm³/mol. The van der Waals surface area contributed by atoms with E-state index < -0.39 is 5.41 Å². The molecule has 1 amide bonds. The maximum absolute atomic E-state index is 13.2. The van der Waals surface area contributed by atoms with E-state index in [0.717, 1.165) is 12.8 Å². The zero-order valence-corrected chi connectivity index (χ0v) is 20.9. The summed E-state index contributed by atoms with van der Waals surface area (Å²) in [6.07, 6.45) is 2.76. The summed E-state index contributed by atoms with van der Waals surface area (Å²) in [6.45, 7) is 13.8. The van der Waals surface area contributed by atoms with Crippen LogP contribution < -0.4 is 0 Å². The Labute approximate surface area is 195 Å². The Morgan fingerprint density at radius 1 is 0.844 bits per heavy atom. The lowest BCUT2D eigenvalue weighted by Gasteiger charge is -2.40. The van der Waals surface area contributed by atoms with Crippen LogP contribution in [0.3, 0.4) is 0 Å². The van der Waals surface area contributed by atoms with Crippen LogP contribution in [0.1, 0.15) is 84.3 Å². The van der Waals surface area contributed by atoms with Crippen LogP contribution in [0.4, 0.5) is 0 Å². The Kier molecular flexibility index (Phi) is 9.24. The molecule has 0 N–H and O–H groups in total. The van der Waals surface area contributed by atoms with Gasteiger partial charge in [-0.1, -0.05) is 102 Å². The fourth-order valence-electron chi connectivity index (χ4n) is 5.08. The van der Waals surface area contributed by atoms with Crippen molar-refractivity contribution in [3.05, 3.63) is 71.8 Å². The van der Waals surface area contributed by atoms with Crippen molar-refractivity contribution in [1.82, 2.24) is 4.90 Å². The number of Topliss-reactive ketones (excluding diaryl/α,β-unsaturated/α-hetero) is 1. The average molecular weight is 436 g/mol. The molecule has 32 heavy (non-hydrogen) atoms. The van der Waals surface area contributed by atoms with E-state index in [-0.39, 0.29) is 17.1 Å². The van der Waals surface area contributed by atoms with E-state index in [9.17, 15) is 9.59 Å². The van der Waals surface area contributed by atoms with Gasteiger partial charge in [-0.25, -0.2) is 0 Å². The fourth-order valence-corrected chi connectivity index (χ4v) is 5.08. The van der Waals surface area contributed by atoms with Crippen molar-refractivity contribution in [1.29, 1.82) is 0 Å². The van der Waals surface area contributed by atoms with Crippen LogP contribution in [0.2, 0.25) is 0 Å². The second kappa shape index (κ2) is 11.4. The summed E-state index contributed by atoms with van der Waals surface area (Å²) in [7, 11) is 0. The number of ketones is 1. The number of piperidine rings is 1. The first-order valence-electron chi connectivity index (χ1n) is 12.1. The zero-order valence-electron chi connectivity index (χ0n) is 20.9. The van der Waals surface area contributed by atoms with E-state index in [4.69, 9.17) is 0 Å². The molecule has 0 bridgehead atoms. The molecule has 174 valence electrons. The van der Waals surface area contributed by atoms with Gasteiger partial charge in [-0.2, -0.15) is 0 Å². The molecular formula is C29H41NO2. The minimum atomic E-state index is -0.457. The van der Waals surface area contributed by atoms with Gasteiger partial charge in [0, 0.05) is 37.3 Å². The molecule has 3 nitrogen and oxygen atoms in total. The highest BCUT2D eigenvalue weighted by Gasteiger charge is 2.39. The summed E-state index contributed by atoms with van der Waals surface area (Å²) in [4.78, 5) is 26.7. The van der Waals surface area contributed by atoms with Crippen molar-refractivity contribution in [3.63, 3.8) is 0 Å². The third-order valence-corrected chi connectivity index (χ3v) is 6.27. The molecular weight excluding hydrogens is 394 g/mol. The Bertz CT molecular complexity index is 806. The van der Waals surface area contributed by atoms with Crippen molar-refractivity contribution in [2.75, 3.05) is 13.1 Å². The molecule has 1 saturated heterocycles. The van der Waals surface area contributed by atoms with Crippen LogP contribution in [-0.4, -0.2) is 29.7 Å². The third kappa shape index (κ3) is 7.05. The Balaban J connectivity index is 0.00000176. The van der Waals surface area contributed by atoms with Crippen molar-refractivity contribution < 1.29 is 9.59 Å². The molecule has 0 radical (unpaired) electrons. The lowest BCUT2D eigenvalue weighted by molar-refractivity contribution is -0.144. The average Bonchev–Trinajstić information content (AvgIpc) is 2.79. The number of carbonyl (C=O) groups excluding carboxylic acids is 2. The number of carbonyl (C=O) groups is 2. The summed E-state index contributed by atoms with van der Waals surface area (Å²) in [5.41, 5.74) is 2.15. The van der Waals surface area contributed by atoms with Gasteiger partial charge in [-0.15, -0.1) is 0 Å². The first kappa shape index (κ1) is 25.8. The molecule has 0 spiro atoms. The molecule has 1 fully saturated rings. The minimum Gasteiger partial charge on any atom is -0.341 e. The van der Waals surface area contributed by atoms with Gasteiger partial charge in [0.25, 0.3) is 0 Å². The van der Waals surface area contributed by atoms with Gasteiger partial charge in [-0.3, -0.25) is 9.59 Å². The van der Waals surface area contributed by atoms with Crippen molar-refractivity contribution in [2.45, 2.75) is 73.1 Å². The molecule has 1 aliphatic heterocycles. The minimum absolute atomic E-state index is 0.0267. The van der Waals surface area contributed by atoms with Crippen LogP contribution in [0.15, 0.2) is 60.7 Å². The lowest BCUT2D eigenvalue weighted by atomic mass is 9.68. The van der Waals surface area contributed by atoms with Gasteiger partial charge in [0.15, 0.2) is 0 Å². The molecule has 0 aromatic heterocycles. The summed E-state index contributed by atoms with van der Waals surface area (Å²) in [6, 6.07) is 21.3. The largest absolute Gasteiger partial charge is 0.341 e. The maximum atomic E-state index is 13.2. The van der Waals surface area contributed by atoms with Crippen LogP contribution in [0.5, 0.6) is 0 Å². The second-order valence-corrected chi connectivity index (χ2v) is 10.1. The van der Waals surface area contributed by atoms with Crippen molar-refractivity contribution in [3.8, 4) is 0 Å². The maximum Gasteiger partial charge on any atom is 0.228 e. The number of hydrogen-bond donors (Lipinski definition) is 0. The van der Waals surface area contributed by atoms with Gasteiger partial charge in [0.05, 0.1) is 0 Å². The van der Waals surface area contributed by atoms with E-state index in [0.29, 0.717) is 31.8 Å². The van der Waals surface area contributed by atoms with Gasteiger partial charge < -0.3 is 4.90 Å².